The maximum absolute atomic E-state index is 12.0. The van der Waals surface area contributed by atoms with Crippen LogP contribution in [0.25, 0.3) is 6.08 Å². The summed E-state index contributed by atoms with van der Waals surface area (Å²) in [7, 11) is 0. The van der Waals surface area contributed by atoms with Crippen LogP contribution in [0.3, 0.4) is 0 Å². The molecule has 0 saturated carbocycles. The topological polar surface area (TPSA) is 61.5 Å². The van der Waals surface area contributed by atoms with Crippen LogP contribution in [-0.2, 0) is 9.84 Å². The van der Waals surface area contributed by atoms with E-state index in [1.54, 1.807) is 17.1 Å². The standard InChI is InChI=1S/C14H17N2O3/c17-8-2-4-12-3-1-5-13(11-12)15-14(18)16-6-9-19-10-7-16/h1-5,11H,6-10H2,(H,15,18). The Labute approximate surface area is 112 Å². The Kier molecular flexibility index (Phi) is 4.94. The maximum atomic E-state index is 12.0. The van der Waals surface area contributed by atoms with Gasteiger partial charge in [-0.15, -0.1) is 0 Å². The van der Waals surface area contributed by atoms with Crippen molar-refractivity contribution in [2.75, 3.05) is 38.2 Å². The molecule has 0 aliphatic carbocycles. The van der Waals surface area contributed by atoms with Gasteiger partial charge in [-0.3, -0.25) is 0 Å². The molecule has 1 saturated heterocycles. The van der Waals surface area contributed by atoms with Crippen LogP contribution in [0.2, 0.25) is 0 Å². The number of carbonyl (C=O) groups excluding carboxylic acids is 1. The van der Waals surface area contributed by atoms with Crippen molar-refractivity contribution in [3.8, 4) is 0 Å². The fourth-order valence-corrected chi connectivity index (χ4v) is 1.87. The quantitative estimate of drug-likeness (QED) is 0.904. The third kappa shape index (κ3) is 4.08. The zero-order chi connectivity index (χ0) is 13.5. The molecular formula is C14H17N2O3. The monoisotopic (exact) mass is 261 g/mol. The van der Waals surface area contributed by atoms with E-state index in [4.69, 9.17) is 4.74 Å². The van der Waals surface area contributed by atoms with Gasteiger partial charge >= 0.3 is 6.03 Å². The van der Waals surface area contributed by atoms with Crippen LogP contribution in [0.5, 0.6) is 0 Å². The highest BCUT2D eigenvalue weighted by molar-refractivity contribution is 5.89. The molecule has 5 heteroatoms. The number of benzene rings is 1. The van der Waals surface area contributed by atoms with Crippen LogP contribution >= 0.6 is 0 Å². The molecule has 0 spiro atoms. The highest BCUT2D eigenvalue weighted by atomic mass is 16.5. The number of morpholine rings is 1. The summed E-state index contributed by atoms with van der Waals surface area (Å²) in [4.78, 5) is 13.7. The molecule has 1 aromatic carbocycles. The Morgan fingerprint density at radius 1 is 1.37 bits per heavy atom. The molecule has 5 nitrogen and oxygen atoms in total. The van der Waals surface area contributed by atoms with E-state index in [0.717, 1.165) is 11.3 Å². The van der Waals surface area contributed by atoms with Crippen LogP contribution in [0, 0.1) is 0 Å². The third-order valence-electron chi connectivity index (χ3n) is 2.84. The number of ether oxygens (including phenoxy) is 1. The van der Waals surface area contributed by atoms with Gasteiger partial charge in [0.1, 0.15) is 6.61 Å². The first-order valence-electron chi connectivity index (χ1n) is 6.28. The van der Waals surface area contributed by atoms with Gasteiger partial charge in [0.25, 0.3) is 0 Å². The van der Waals surface area contributed by atoms with Crippen molar-refractivity contribution >= 4 is 17.8 Å². The average molecular weight is 261 g/mol. The van der Waals surface area contributed by atoms with Crippen LogP contribution in [0.15, 0.2) is 30.3 Å². The van der Waals surface area contributed by atoms with Gasteiger partial charge in [0.05, 0.1) is 13.2 Å². The summed E-state index contributed by atoms with van der Waals surface area (Å²) >= 11 is 0. The molecule has 1 N–H and O–H groups in total. The fraction of sp³-hybridized carbons (Fsp3) is 0.357. The second-order valence-corrected chi connectivity index (χ2v) is 4.22. The van der Waals surface area contributed by atoms with E-state index >= 15 is 0 Å². The number of rotatable bonds is 3. The summed E-state index contributed by atoms with van der Waals surface area (Å²) in [6.45, 7) is 2.15. The van der Waals surface area contributed by atoms with E-state index in [2.05, 4.69) is 5.32 Å². The largest absolute Gasteiger partial charge is 0.378 e. The Hall–Kier alpha value is -1.85. The first-order valence-corrected chi connectivity index (χ1v) is 6.28. The van der Waals surface area contributed by atoms with Crippen molar-refractivity contribution in [2.45, 2.75) is 0 Å². The Balaban J connectivity index is 1.97. The van der Waals surface area contributed by atoms with Crippen molar-refractivity contribution in [1.29, 1.82) is 0 Å². The highest BCUT2D eigenvalue weighted by Gasteiger charge is 2.16. The number of nitrogens with one attached hydrogen (secondary N) is 1. The maximum Gasteiger partial charge on any atom is 0.321 e. The van der Waals surface area contributed by atoms with E-state index in [1.165, 1.54) is 0 Å². The van der Waals surface area contributed by atoms with Gasteiger partial charge in [0.2, 0.25) is 0 Å². The summed E-state index contributed by atoms with van der Waals surface area (Å²) in [5, 5.41) is 13.2. The molecule has 101 valence electrons. The molecule has 2 amide bonds. The summed E-state index contributed by atoms with van der Waals surface area (Å²) in [5.41, 5.74) is 1.63. The summed E-state index contributed by atoms with van der Waals surface area (Å²) in [6.07, 6.45) is 3.29. The van der Waals surface area contributed by atoms with E-state index in [-0.39, 0.29) is 12.6 Å². The average Bonchev–Trinajstić information content (AvgIpc) is 2.46. The number of hydrogen-bond donors (Lipinski definition) is 1. The van der Waals surface area contributed by atoms with Crippen molar-refractivity contribution in [1.82, 2.24) is 4.90 Å². The smallest absolute Gasteiger partial charge is 0.321 e. The van der Waals surface area contributed by atoms with Crippen molar-refractivity contribution in [2.24, 2.45) is 0 Å². The summed E-state index contributed by atoms with van der Waals surface area (Å²) < 4.78 is 5.20. The molecule has 1 aromatic rings. The zero-order valence-corrected chi connectivity index (χ0v) is 10.7. The van der Waals surface area contributed by atoms with Gasteiger partial charge < -0.3 is 15.0 Å². The minimum absolute atomic E-state index is 0.117. The fourth-order valence-electron chi connectivity index (χ4n) is 1.87. The molecule has 0 unspecified atom stereocenters. The van der Waals surface area contributed by atoms with Crippen LogP contribution < -0.4 is 5.32 Å². The second kappa shape index (κ2) is 6.92. The van der Waals surface area contributed by atoms with Crippen LogP contribution in [0.4, 0.5) is 10.5 Å². The molecule has 2 rings (SSSR count). The molecular weight excluding hydrogens is 244 g/mol. The number of hydrogen-bond acceptors (Lipinski definition) is 2. The Morgan fingerprint density at radius 2 is 2.16 bits per heavy atom. The van der Waals surface area contributed by atoms with Gasteiger partial charge in [0.15, 0.2) is 0 Å². The normalized spacial score (nSPS) is 15.7. The zero-order valence-electron chi connectivity index (χ0n) is 10.7. The lowest BCUT2D eigenvalue weighted by atomic mass is 10.2. The number of amides is 2. The number of nitrogens with zero attached hydrogens (tertiary/aromatic N) is 1. The van der Waals surface area contributed by atoms with E-state index in [0.29, 0.717) is 26.3 Å². The predicted molar refractivity (Wildman–Crippen MR) is 72.4 cm³/mol. The third-order valence-corrected chi connectivity index (χ3v) is 2.84. The number of urea groups is 1. The first kappa shape index (κ1) is 13.6. The molecule has 19 heavy (non-hydrogen) atoms. The van der Waals surface area contributed by atoms with Gasteiger partial charge in [-0.1, -0.05) is 24.3 Å². The lowest BCUT2D eigenvalue weighted by Crippen LogP contribution is -2.43. The van der Waals surface area contributed by atoms with Gasteiger partial charge in [-0.25, -0.2) is 9.90 Å². The number of anilines is 1. The molecule has 0 aromatic heterocycles. The van der Waals surface area contributed by atoms with E-state index < -0.39 is 0 Å². The van der Waals surface area contributed by atoms with Gasteiger partial charge in [-0.2, -0.15) is 0 Å². The minimum atomic E-state index is -0.246. The molecule has 1 radical (unpaired) electrons. The lowest BCUT2D eigenvalue weighted by molar-refractivity contribution is 0.0564. The van der Waals surface area contributed by atoms with Crippen LogP contribution in [0.1, 0.15) is 5.56 Å². The molecule has 0 bridgehead atoms. The molecule has 1 aliphatic heterocycles. The van der Waals surface area contributed by atoms with Crippen molar-refractivity contribution in [3.05, 3.63) is 35.9 Å². The SMILES string of the molecule is [O]CC=Cc1cccc(NC(=O)N2CCOCC2)c1. The predicted octanol–water partition coefficient (Wildman–Crippen LogP) is 1.99. The Bertz CT molecular complexity index is 454. The number of carbonyl (C=O) groups is 1. The highest BCUT2D eigenvalue weighted by Crippen LogP contribution is 2.13. The molecule has 1 aliphatic rings. The van der Waals surface area contributed by atoms with E-state index in [9.17, 15) is 9.90 Å². The summed E-state index contributed by atoms with van der Waals surface area (Å²) in [6, 6.07) is 7.28. The lowest BCUT2D eigenvalue weighted by Gasteiger charge is -2.26. The molecule has 0 atom stereocenters. The first-order chi connectivity index (χ1) is 9.29. The van der Waals surface area contributed by atoms with Crippen molar-refractivity contribution in [3.63, 3.8) is 0 Å². The van der Waals surface area contributed by atoms with Crippen LogP contribution in [-0.4, -0.2) is 43.8 Å². The Morgan fingerprint density at radius 3 is 2.89 bits per heavy atom. The van der Waals surface area contributed by atoms with Crippen molar-refractivity contribution < 1.29 is 14.6 Å². The molecule has 1 fully saturated rings. The summed E-state index contributed by atoms with van der Waals surface area (Å²) in [5.74, 6) is 0. The van der Waals surface area contributed by atoms with Gasteiger partial charge in [0, 0.05) is 18.8 Å². The second-order valence-electron chi connectivity index (χ2n) is 4.22. The van der Waals surface area contributed by atoms with Gasteiger partial charge in [-0.05, 0) is 17.7 Å². The molecule has 1 heterocycles. The minimum Gasteiger partial charge on any atom is -0.378 e. The van der Waals surface area contributed by atoms with E-state index in [1.807, 2.05) is 24.3 Å².